The Morgan fingerprint density at radius 2 is 1.67 bits per heavy atom. The lowest BCUT2D eigenvalue weighted by Gasteiger charge is -2.21. The number of hydrogen-bond acceptors (Lipinski definition) is 3. The van der Waals surface area contributed by atoms with E-state index < -0.39 is 12.1 Å². The standard InChI is InChI=1S/C18H18N2O/c1-12-11-15(14-9-5-6-10-16(14)20-12)18(21)17(19)13-7-3-2-4-8-13/h2-11,17-18,21H,19H2,1H3. The van der Waals surface area contributed by atoms with Crippen molar-refractivity contribution in [3.63, 3.8) is 0 Å². The molecule has 3 N–H and O–H groups in total. The maximum Gasteiger partial charge on any atom is 0.0989 e. The van der Waals surface area contributed by atoms with Gasteiger partial charge in [-0.1, -0.05) is 48.5 Å². The topological polar surface area (TPSA) is 59.1 Å². The van der Waals surface area contributed by atoms with Crippen LogP contribution in [0.25, 0.3) is 10.9 Å². The predicted octanol–water partition coefficient (Wildman–Crippen LogP) is 3.28. The van der Waals surface area contributed by atoms with Crippen molar-refractivity contribution in [2.45, 2.75) is 19.1 Å². The highest BCUT2D eigenvalue weighted by Crippen LogP contribution is 2.31. The average Bonchev–Trinajstić information content (AvgIpc) is 2.53. The molecule has 0 aliphatic carbocycles. The molecule has 2 unspecified atom stereocenters. The number of pyridine rings is 1. The zero-order chi connectivity index (χ0) is 14.8. The lowest BCUT2D eigenvalue weighted by molar-refractivity contribution is 0.148. The van der Waals surface area contributed by atoms with Gasteiger partial charge >= 0.3 is 0 Å². The Morgan fingerprint density at radius 1 is 1.00 bits per heavy atom. The van der Waals surface area contributed by atoms with E-state index in [4.69, 9.17) is 5.73 Å². The molecule has 106 valence electrons. The summed E-state index contributed by atoms with van der Waals surface area (Å²) in [6.07, 6.45) is -0.765. The van der Waals surface area contributed by atoms with Crippen molar-refractivity contribution >= 4 is 10.9 Å². The molecule has 21 heavy (non-hydrogen) atoms. The molecule has 3 nitrogen and oxygen atoms in total. The lowest BCUT2D eigenvalue weighted by atomic mass is 9.94. The zero-order valence-electron chi connectivity index (χ0n) is 11.9. The summed E-state index contributed by atoms with van der Waals surface area (Å²) in [5, 5.41) is 11.7. The van der Waals surface area contributed by atoms with E-state index in [9.17, 15) is 5.11 Å². The fraction of sp³-hybridized carbons (Fsp3) is 0.167. The second-order valence-corrected chi connectivity index (χ2v) is 5.25. The van der Waals surface area contributed by atoms with Gasteiger partial charge in [-0.25, -0.2) is 0 Å². The van der Waals surface area contributed by atoms with Crippen LogP contribution in [0.4, 0.5) is 0 Å². The first kappa shape index (κ1) is 13.7. The van der Waals surface area contributed by atoms with Gasteiger partial charge in [0.05, 0.1) is 17.7 Å². The number of para-hydroxylation sites is 1. The summed E-state index contributed by atoms with van der Waals surface area (Å²) in [5.74, 6) is 0. The Morgan fingerprint density at radius 3 is 2.43 bits per heavy atom. The summed E-state index contributed by atoms with van der Waals surface area (Å²) >= 11 is 0. The van der Waals surface area contributed by atoms with E-state index in [1.165, 1.54) is 0 Å². The van der Waals surface area contributed by atoms with Gasteiger partial charge in [0.2, 0.25) is 0 Å². The van der Waals surface area contributed by atoms with Crippen LogP contribution in [0.3, 0.4) is 0 Å². The Balaban J connectivity index is 2.07. The zero-order valence-corrected chi connectivity index (χ0v) is 11.9. The Kier molecular flexibility index (Phi) is 3.69. The van der Waals surface area contributed by atoms with Crippen LogP contribution in [-0.2, 0) is 0 Å². The summed E-state index contributed by atoms with van der Waals surface area (Å²) < 4.78 is 0. The van der Waals surface area contributed by atoms with Crippen LogP contribution in [0, 0.1) is 6.92 Å². The van der Waals surface area contributed by atoms with Crippen LogP contribution >= 0.6 is 0 Å². The van der Waals surface area contributed by atoms with Crippen molar-refractivity contribution in [3.8, 4) is 0 Å². The molecule has 1 aromatic heterocycles. The smallest absolute Gasteiger partial charge is 0.0989 e. The van der Waals surface area contributed by atoms with Gasteiger partial charge in [0.1, 0.15) is 0 Å². The molecule has 0 spiro atoms. The van der Waals surface area contributed by atoms with Crippen LogP contribution < -0.4 is 5.73 Å². The van der Waals surface area contributed by atoms with Crippen LogP contribution in [0.1, 0.15) is 29.0 Å². The molecule has 0 saturated carbocycles. The quantitative estimate of drug-likeness (QED) is 0.773. The lowest BCUT2D eigenvalue weighted by Crippen LogP contribution is -2.20. The molecule has 0 saturated heterocycles. The molecule has 1 heterocycles. The first-order valence-corrected chi connectivity index (χ1v) is 7.01. The van der Waals surface area contributed by atoms with Crippen LogP contribution in [0.15, 0.2) is 60.7 Å². The minimum atomic E-state index is -0.765. The van der Waals surface area contributed by atoms with Gasteiger partial charge in [-0.2, -0.15) is 0 Å². The molecule has 0 amide bonds. The van der Waals surface area contributed by atoms with E-state index in [1.54, 1.807) is 0 Å². The van der Waals surface area contributed by atoms with E-state index in [2.05, 4.69) is 4.98 Å². The molecule has 3 rings (SSSR count). The monoisotopic (exact) mass is 278 g/mol. The van der Waals surface area contributed by atoms with Gasteiger partial charge in [0.15, 0.2) is 0 Å². The number of aromatic nitrogens is 1. The highest BCUT2D eigenvalue weighted by molar-refractivity contribution is 5.82. The third kappa shape index (κ3) is 2.66. The third-order valence-corrected chi connectivity index (χ3v) is 3.72. The van der Waals surface area contributed by atoms with Gasteiger partial charge in [-0.3, -0.25) is 4.98 Å². The van der Waals surface area contributed by atoms with Crippen molar-refractivity contribution in [1.82, 2.24) is 4.98 Å². The Bertz CT molecular complexity index is 756. The molecule has 2 atom stereocenters. The molecule has 0 bridgehead atoms. The van der Waals surface area contributed by atoms with Gasteiger partial charge in [0, 0.05) is 11.1 Å². The third-order valence-electron chi connectivity index (χ3n) is 3.72. The predicted molar refractivity (Wildman–Crippen MR) is 84.8 cm³/mol. The number of aliphatic hydroxyl groups is 1. The summed E-state index contributed by atoms with van der Waals surface area (Å²) in [6, 6.07) is 18.9. The number of aliphatic hydroxyl groups excluding tert-OH is 1. The van der Waals surface area contributed by atoms with E-state index in [0.29, 0.717) is 0 Å². The first-order valence-electron chi connectivity index (χ1n) is 7.01. The number of nitrogens with zero attached hydrogens (tertiary/aromatic N) is 1. The number of hydrogen-bond donors (Lipinski definition) is 2. The first-order chi connectivity index (χ1) is 10.2. The Labute approximate surface area is 124 Å². The van der Waals surface area contributed by atoms with Crippen molar-refractivity contribution in [3.05, 3.63) is 77.5 Å². The van der Waals surface area contributed by atoms with Gasteiger partial charge < -0.3 is 10.8 Å². The normalized spacial score (nSPS) is 14.0. The second-order valence-electron chi connectivity index (χ2n) is 5.25. The maximum atomic E-state index is 10.7. The molecular weight excluding hydrogens is 260 g/mol. The van der Waals surface area contributed by atoms with Gasteiger partial charge in [0.25, 0.3) is 0 Å². The van der Waals surface area contributed by atoms with Crippen molar-refractivity contribution in [2.24, 2.45) is 5.73 Å². The van der Waals surface area contributed by atoms with Crippen LogP contribution in [0.5, 0.6) is 0 Å². The molecule has 0 fully saturated rings. The molecule has 3 aromatic rings. The average molecular weight is 278 g/mol. The van der Waals surface area contributed by atoms with Crippen molar-refractivity contribution < 1.29 is 5.11 Å². The molecule has 3 heteroatoms. The van der Waals surface area contributed by atoms with E-state index >= 15 is 0 Å². The van der Waals surface area contributed by atoms with Crippen LogP contribution in [-0.4, -0.2) is 10.1 Å². The molecule has 0 aliphatic rings. The van der Waals surface area contributed by atoms with Crippen LogP contribution in [0.2, 0.25) is 0 Å². The Hall–Kier alpha value is -2.23. The minimum Gasteiger partial charge on any atom is -0.386 e. The summed E-state index contributed by atoms with van der Waals surface area (Å²) in [7, 11) is 0. The second kappa shape index (κ2) is 5.64. The highest BCUT2D eigenvalue weighted by Gasteiger charge is 2.21. The summed E-state index contributed by atoms with van der Waals surface area (Å²) in [4.78, 5) is 4.50. The summed E-state index contributed by atoms with van der Waals surface area (Å²) in [6.45, 7) is 1.93. The van der Waals surface area contributed by atoms with E-state index in [1.807, 2.05) is 67.6 Å². The SMILES string of the molecule is Cc1cc(C(O)C(N)c2ccccc2)c2ccccc2n1. The highest BCUT2D eigenvalue weighted by atomic mass is 16.3. The summed E-state index contributed by atoms with van der Waals surface area (Å²) in [5.41, 5.74) is 9.75. The van der Waals surface area contributed by atoms with Gasteiger partial charge in [-0.05, 0) is 30.2 Å². The fourth-order valence-corrected chi connectivity index (χ4v) is 2.64. The maximum absolute atomic E-state index is 10.7. The van der Waals surface area contributed by atoms with Crippen molar-refractivity contribution in [1.29, 1.82) is 0 Å². The largest absolute Gasteiger partial charge is 0.386 e. The number of benzene rings is 2. The number of fused-ring (bicyclic) bond motifs is 1. The fourth-order valence-electron chi connectivity index (χ4n) is 2.64. The minimum absolute atomic E-state index is 0.462. The molecule has 0 aliphatic heterocycles. The molecular formula is C18H18N2O. The number of nitrogens with two attached hydrogens (primary N) is 1. The molecule has 2 aromatic carbocycles. The number of rotatable bonds is 3. The van der Waals surface area contributed by atoms with E-state index in [-0.39, 0.29) is 0 Å². The van der Waals surface area contributed by atoms with E-state index in [0.717, 1.165) is 27.7 Å². The van der Waals surface area contributed by atoms with Crippen molar-refractivity contribution in [2.75, 3.05) is 0 Å². The molecule has 0 radical (unpaired) electrons. The van der Waals surface area contributed by atoms with Gasteiger partial charge in [-0.15, -0.1) is 0 Å². The number of aryl methyl sites for hydroxylation is 1.